The van der Waals surface area contributed by atoms with Gasteiger partial charge >= 0.3 is 12.1 Å². The van der Waals surface area contributed by atoms with Crippen molar-refractivity contribution < 1.29 is 24.2 Å². The molecule has 0 aliphatic rings. The van der Waals surface area contributed by atoms with Crippen LogP contribution in [0.5, 0.6) is 0 Å². The summed E-state index contributed by atoms with van der Waals surface area (Å²) in [5, 5.41) is 22.6. The number of ether oxygens (including phenoxy) is 1. The molecule has 0 aliphatic heterocycles. The van der Waals surface area contributed by atoms with E-state index in [4.69, 9.17) is 4.74 Å². The molecule has 0 aliphatic carbocycles. The lowest BCUT2D eigenvalue weighted by Crippen LogP contribution is -2.48. The lowest BCUT2D eigenvalue weighted by molar-refractivity contribution is -0.139. The molecule has 2 heterocycles. The molecule has 0 saturated carbocycles. The van der Waals surface area contributed by atoms with E-state index in [-0.39, 0.29) is 13.2 Å². The largest absolute Gasteiger partial charge is 0.480 e. The van der Waals surface area contributed by atoms with Crippen LogP contribution in [0.1, 0.15) is 22.3 Å². The average molecular weight is 506 g/mol. The number of carbonyl (C=O) groups is 3. The van der Waals surface area contributed by atoms with Gasteiger partial charge in [0.25, 0.3) is 5.91 Å². The molecular weight excluding hydrogens is 478 g/mol. The quantitative estimate of drug-likeness (QED) is 0.183. The first-order valence-electron chi connectivity index (χ1n) is 11.7. The number of aryl methyl sites for hydroxylation is 1. The summed E-state index contributed by atoms with van der Waals surface area (Å²) in [6.07, 6.45) is 5.03. The predicted octanol–water partition coefficient (Wildman–Crippen LogP) is 2.37. The highest BCUT2D eigenvalue weighted by molar-refractivity contribution is 5.98. The number of benzene rings is 2. The molecular formula is C25H27N7O5. The minimum atomic E-state index is -1.35. The molecule has 4 rings (SSSR count). The molecule has 4 aromatic rings. The van der Waals surface area contributed by atoms with Crippen LogP contribution in [-0.4, -0.2) is 62.0 Å². The fourth-order valence-corrected chi connectivity index (χ4v) is 3.61. The van der Waals surface area contributed by atoms with E-state index in [9.17, 15) is 19.5 Å². The van der Waals surface area contributed by atoms with Crippen LogP contribution in [0.3, 0.4) is 0 Å². The van der Waals surface area contributed by atoms with Gasteiger partial charge in [0.1, 0.15) is 12.6 Å². The Morgan fingerprint density at radius 3 is 2.73 bits per heavy atom. The van der Waals surface area contributed by atoms with Gasteiger partial charge in [-0.15, -0.1) is 0 Å². The van der Waals surface area contributed by atoms with Crippen LogP contribution in [-0.2, 0) is 22.7 Å². The zero-order valence-corrected chi connectivity index (χ0v) is 19.9. The second kappa shape index (κ2) is 12.2. The smallest absolute Gasteiger partial charge is 0.408 e. The van der Waals surface area contributed by atoms with E-state index in [2.05, 4.69) is 31.0 Å². The standard InChI is InChI=1S/C25H27N7O5/c33-22(29-15-20(23(34)35)31-25(36)37-16-17-5-2-1-3-6-17)18-7-8-21-19(13-18)14-30-32(21)12-4-9-26-24-27-10-11-28-24/h1-3,5-8,10-11,13-14,20H,4,9,12,15-16H2,(H,29,33)(H,31,36)(H,34,35)(H2,26,27,28)/t20-/m0/s1. The van der Waals surface area contributed by atoms with E-state index in [0.29, 0.717) is 24.6 Å². The summed E-state index contributed by atoms with van der Waals surface area (Å²) in [6.45, 7) is 1.08. The first-order valence-corrected chi connectivity index (χ1v) is 11.7. The highest BCUT2D eigenvalue weighted by Gasteiger charge is 2.22. The normalized spacial score (nSPS) is 11.6. The van der Waals surface area contributed by atoms with Gasteiger partial charge in [-0.3, -0.25) is 9.48 Å². The van der Waals surface area contributed by atoms with Gasteiger partial charge in [0.2, 0.25) is 0 Å². The number of aliphatic carboxylic acids is 1. The number of fused-ring (bicyclic) bond motifs is 1. The van der Waals surface area contributed by atoms with Crippen molar-refractivity contribution in [1.29, 1.82) is 0 Å². The lowest BCUT2D eigenvalue weighted by atomic mass is 10.1. The summed E-state index contributed by atoms with van der Waals surface area (Å²) < 4.78 is 6.91. The number of nitrogens with zero attached hydrogens (tertiary/aromatic N) is 3. The first-order chi connectivity index (χ1) is 18.0. The van der Waals surface area contributed by atoms with Crippen molar-refractivity contribution in [2.24, 2.45) is 0 Å². The number of carbonyl (C=O) groups excluding carboxylic acids is 2. The lowest BCUT2D eigenvalue weighted by Gasteiger charge is -2.15. The van der Waals surface area contributed by atoms with Crippen LogP contribution in [0.2, 0.25) is 0 Å². The third-order valence-corrected chi connectivity index (χ3v) is 5.51. The van der Waals surface area contributed by atoms with E-state index < -0.39 is 24.0 Å². The van der Waals surface area contributed by atoms with Gasteiger partial charge in [0.05, 0.1) is 11.7 Å². The zero-order valence-electron chi connectivity index (χ0n) is 19.9. The molecule has 192 valence electrons. The molecule has 2 amide bonds. The van der Waals surface area contributed by atoms with Crippen molar-refractivity contribution >= 4 is 34.8 Å². The van der Waals surface area contributed by atoms with Gasteiger partial charge in [-0.05, 0) is 30.2 Å². The summed E-state index contributed by atoms with van der Waals surface area (Å²) in [5.74, 6) is -1.05. The van der Waals surface area contributed by atoms with Crippen molar-refractivity contribution in [3.05, 3.63) is 78.2 Å². The van der Waals surface area contributed by atoms with Crippen molar-refractivity contribution in [2.75, 3.05) is 18.4 Å². The highest BCUT2D eigenvalue weighted by atomic mass is 16.5. The number of rotatable bonds is 12. The minimum Gasteiger partial charge on any atom is -0.480 e. The predicted molar refractivity (Wildman–Crippen MR) is 135 cm³/mol. The fourth-order valence-electron chi connectivity index (χ4n) is 3.61. The maximum absolute atomic E-state index is 12.6. The second-order valence-corrected chi connectivity index (χ2v) is 8.17. The number of aromatic nitrogens is 4. The molecule has 1 atom stereocenters. The number of carboxylic acid groups (broad SMARTS) is 1. The number of hydrogen-bond donors (Lipinski definition) is 5. The number of H-pyrrole nitrogens is 1. The third-order valence-electron chi connectivity index (χ3n) is 5.51. The molecule has 12 heteroatoms. The SMILES string of the molecule is O=C(N[C@@H](CNC(=O)c1ccc2c(cnn2CCCNc2ncc[nH]2)c1)C(=O)O)OCc1ccccc1. The van der Waals surface area contributed by atoms with Crippen molar-refractivity contribution in [3.8, 4) is 0 Å². The molecule has 12 nitrogen and oxygen atoms in total. The van der Waals surface area contributed by atoms with Crippen LogP contribution in [0, 0.1) is 0 Å². The molecule has 0 spiro atoms. The maximum Gasteiger partial charge on any atom is 0.408 e. The van der Waals surface area contributed by atoms with Crippen LogP contribution in [0.15, 0.2) is 67.1 Å². The Balaban J connectivity index is 1.26. The maximum atomic E-state index is 12.6. The average Bonchev–Trinajstić information content (AvgIpc) is 3.57. The first kappa shape index (κ1) is 25.2. The zero-order chi connectivity index (χ0) is 26.0. The summed E-state index contributed by atoms with van der Waals surface area (Å²) in [7, 11) is 0. The number of imidazole rings is 1. The van der Waals surface area contributed by atoms with Gasteiger partial charge in [-0.2, -0.15) is 5.10 Å². The number of anilines is 1. The van der Waals surface area contributed by atoms with E-state index in [1.807, 2.05) is 10.7 Å². The van der Waals surface area contributed by atoms with Gasteiger partial charge in [0, 0.05) is 43.0 Å². The number of nitrogens with one attached hydrogen (secondary N) is 4. The molecule has 0 unspecified atom stereocenters. The number of alkyl carbamates (subject to hydrolysis) is 1. The Labute approximate surface area is 212 Å². The molecule has 0 radical (unpaired) electrons. The Morgan fingerprint density at radius 2 is 1.97 bits per heavy atom. The van der Waals surface area contributed by atoms with Crippen LogP contribution < -0.4 is 16.0 Å². The van der Waals surface area contributed by atoms with Crippen LogP contribution in [0.4, 0.5) is 10.7 Å². The molecule has 37 heavy (non-hydrogen) atoms. The number of hydrogen-bond acceptors (Lipinski definition) is 7. The number of amides is 2. The molecule has 0 saturated heterocycles. The van der Waals surface area contributed by atoms with Crippen molar-refractivity contribution in [3.63, 3.8) is 0 Å². The third kappa shape index (κ3) is 7.07. The van der Waals surface area contributed by atoms with E-state index in [1.165, 1.54) is 0 Å². The van der Waals surface area contributed by atoms with Gasteiger partial charge in [-0.1, -0.05) is 30.3 Å². The van der Waals surface area contributed by atoms with E-state index in [1.54, 1.807) is 61.1 Å². The number of aromatic amines is 1. The van der Waals surface area contributed by atoms with Gasteiger partial charge in [0.15, 0.2) is 5.95 Å². The van der Waals surface area contributed by atoms with E-state index in [0.717, 1.165) is 22.9 Å². The molecule has 0 fully saturated rings. The van der Waals surface area contributed by atoms with Crippen LogP contribution in [0.25, 0.3) is 10.9 Å². The fraction of sp³-hybridized carbons (Fsp3) is 0.240. The van der Waals surface area contributed by atoms with Gasteiger partial charge in [-0.25, -0.2) is 14.6 Å². The number of carboxylic acids is 1. The van der Waals surface area contributed by atoms with Gasteiger partial charge < -0.3 is 30.8 Å². The monoisotopic (exact) mass is 505 g/mol. The molecule has 0 bridgehead atoms. The Hall–Kier alpha value is -4.87. The summed E-state index contributed by atoms with van der Waals surface area (Å²) >= 11 is 0. The Morgan fingerprint density at radius 1 is 1.14 bits per heavy atom. The van der Waals surface area contributed by atoms with Crippen LogP contribution >= 0.6 is 0 Å². The highest BCUT2D eigenvalue weighted by Crippen LogP contribution is 2.16. The summed E-state index contributed by atoms with van der Waals surface area (Å²) in [5.41, 5.74) is 1.99. The summed E-state index contributed by atoms with van der Waals surface area (Å²) in [4.78, 5) is 43.3. The molecule has 5 N–H and O–H groups in total. The molecule has 2 aromatic carbocycles. The molecule has 2 aromatic heterocycles. The second-order valence-electron chi connectivity index (χ2n) is 8.17. The van der Waals surface area contributed by atoms with Crippen molar-refractivity contribution in [2.45, 2.75) is 25.6 Å². The topological polar surface area (TPSA) is 163 Å². The summed E-state index contributed by atoms with van der Waals surface area (Å²) in [6, 6.07) is 12.8. The van der Waals surface area contributed by atoms with Crippen molar-refractivity contribution in [1.82, 2.24) is 30.4 Å². The Bertz CT molecular complexity index is 1340. The van der Waals surface area contributed by atoms with E-state index >= 15 is 0 Å². The Kier molecular flexibility index (Phi) is 8.32. The minimum absolute atomic E-state index is 0.000435.